The summed E-state index contributed by atoms with van der Waals surface area (Å²) >= 11 is 0. The Hall–Kier alpha value is -3.90. The van der Waals surface area contributed by atoms with E-state index in [9.17, 15) is 9.59 Å². The number of nitrogens with one attached hydrogen (secondary N) is 1. The molecule has 0 radical (unpaired) electrons. The van der Waals surface area contributed by atoms with Crippen LogP contribution in [0, 0.1) is 12.8 Å². The van der Waals surface area contributed by atoms with Crippen LogP contribution < -0.4 is 15.0 Å². The monoisotopic (exact) mass is 523 g/mol. The topological polar surface area (TPSA) is 61.9 Å². The molecule has 1 atom stereocenters. The molecule has 1 saturated heterocycles. The third-order valence-electron chi connectivity index (χ3n) is 7.40. The Bertz CT molecular complexity index is 1350. The standard InChI is InChI=1S/C33H37N3O3/c1-24-8-5-10-27(20-24)23-36-29-11-3-4-12-30(29)39-31(33(36)38)21-26-13-15-28(16-14-26)32(37)34-17-7-19-35-18-6-9-25(2)22-35/h3-5,8,10-16,20-21,25H,6-7,9,17-19,22-23H2,1-2H3,(H,34,37)/b31-21+. The Kier molecular flexibility index (Phi) is 8.42. The molecular weight excluding hydrogens is 486 g/mol. The van der Waals surface area contributed by atoms with E-state index in [1.54, 1.807) is 23.1 Å². The molecule has 0 aliphatic carbocycles. The highest BCUT2D eigenvalue weighted by Gasteiger charge is 2.30. The van der Waals surface area contributed by atoms with Gasteiger partial charge in [0.25, 0.3) is 11.8 Å². The van der Waals surface area contributed by atoms with Crippen molar-refractivity contribution in [2.45, 2.75) is 39.7 Å². The lowest BCUT2D eigenvalue weighted by atomic mass is 10.0. The van der Waals surface area contributed by atoms with Gasteiger partial charge in [-0.25, -0.2) is 0 Å². The van der Waals surface area contributed by atoms with Gasteiger partial charge in [-0.3, -0.25) is 14.5 Å². The van der Waals surface area contributed by atoms with Gasteiger partial charge >= 0.3 is 0 Å². The van der Waals surface area contributed by atoms with Crippen molar-refractivity contribution in [2.75, 3.05) is 31.1 Å². The van der Waals surface area contributed by atoms with Gasteiger partial charge in [-0.05, 0) is 86.7 Å². The first-order valence-electron chi connectivity index (χ1n) is 13.9. The number of carbonyl (C=O) groups is 2. The molecule has 0 bridgehead atoms. The zero-order chi connectivity index (χ0) is 27.2. The van der Waals surface area contributed by atoms with Crippen molar-refractivity contribution in [3.63, 3.8) is 0 Å². The summed E-state index contributed by atoms with van der Waals surface area (Å²) < 4.78 is 6.03. The van der Waals surface area contributed by atoms with Crippen molar-refractivity contribution < 1.29 is 14.3 Å². The zero-order valence-corrected chi connectivity index (χ0v) is 22.9. The fraction of sp³-hybridized carbons (Fsp3) is 0.333. The van der Waals surface area contributed by atoms with E-state index in [4.69, 9.17) is 4.74 Å². The highest BCUT2D eigenvalue weighted by molar-refractivity contribution is 6.09. The summed E-state index contributed by atoms with van der Waals surface area (Å²) in [6.07, 6.45) is 5.27. The predicted molar refractivity (Wildman–Crippen MR) is 156 cm³/mol. The Morgan fingerprint density at radius 1 is 1.08 bits per heavy atom. The SMILES string of the molecule is Cc1cccc(CN2C(=O)/C(=C\c3ccc(C(=O)NCCCN4CCCC(C)C4)cc3)Oc3ccccc32)c1. The van der Waals surface area contributed by atoms with E-state index < -0.39 is 0 Å². The lowest BCUT2D eigenvalue weighted by molar-refractivity contribution is -0.117. The summed E-state index contributed by atoms with van der Waals surface area (Å²) in [5, 5.41) is 3.04. The van der Waals surface area contributed by atoms with Gasteiger partial charge in [-0.2, -0.15) is 0 Å². The van der Waals surface area contributed by atoms with Gasteiger partial charge in [0.1, 0.15) is 0 Å². The Labute approximate surface area is 231 Å². The summed E-state index contributed by atoms with van der Waals surface area (Å²) in [5.41, 5.74) is 4.36. The average molecular weight is 524 g/mol. The van der Waals surface area contributed by atoms with Gasteiger partial charge in [0, 0.05) is 18.7 Å². The van der Waals surface area contributed by atoms with Crippen molar-refractivity contribution in [1.82, 2.24) is 10.2 Å². The van der Waals surface area contributed by atoms with Gasteiger partial charge in [0.2, 0.25) is 0 Å². The Morgan fingerprint density at radius 3 is 2.69 bits per heavy atom. The molecule has 3 aromatic rings. The highest BCUT2D eigenvalue weighted by atomic mass is 16.5. The number of piperidine rings is 1. The number of rotatable bonds is 8. The van der Waals surface area contributed by atoms with E-state index >= 15 is 0 Å². The summed E-state index contributed by atoms with van der Waals surface area (Å²) in [4.78, 5) is 30.4. The molecule has 0 aromatic heterocycles. The van der Waals surface area contributed by atoms with Gasteiger partial charge in [-0.15, -0.1) is 0 Å². The van der Waals surface area contributed by atoms with Crippen LogP contribution in [0.5, 0.6) is 5.75 Å². The first kappa shape index (κ1) is 26.7. The molecule has 6 nitrogen and oxygen atoms in total. The van der Waals surface area contributed by atoms with E-state index in [1.807, 2.05) is 61.5 Å². The van der Waals surface area contributed by atoms with Crippen LogP contribution in [-0.4, -0.2) is 42.9 Å². The lowest BCUT2D eigenvalue weighted by Gasteiger charge is -2.30. The number of aryl methyl sites for hydroxylation is 1. The predicted octanol–water partition coefficient (Wildman–Crippen LogP) is 5.81. The normalized spacial score (nSPS) is 18.5. The van der Waals surface area contributed by atoms with Crippen LogP contribution in [0.2, 0.25) is 0 Å². The zero-order valence-electron chi connectivity index (χ0n) is 22.9. The van der Waals surface area contributed by atoms with Gasteiger partial charge < -0.3 is 15.0 Å². The number of likely N-dealkylation sites (tertiary alicyclic amines) is 1. The fourth-order valence-electron chi connectivity index (χ4n) is 5.39. The molecule has 1 N–H and O–H groups in total. The third-order valence-corrected chi connectivity index (χ3v) is 7.40. The van der Waals surface area contributed by atoms with E-state index in [-0.39, 0.29) is 17.6 Å². The molecule has 1 fully saturated rings. The van der Waals surface area contributed by atoms with E-state index in [1.165, 1.54) is 12.8 Å². The number of fused-ring (bicyclic) bond motifs is 1. The number of benzene rings is 3. The molecule has 39 heavy (non-hydrogen) atoms. The number of carbonyl (C=O) groups excluding carboxylic acids is 2. The first-order valence-corrected chi connectivity index (χ1v) is 13.9. The summed E-state index contributed by atoms with van der Waals surface area (Å²) in [7, 11) is 0. The molecule has 0 saturated carbocycles. The summed E-state index contributed by atoms with van der Waals surface area (Å²) in [5.74, 6) is 1.39. The number of ether oxygens (including phenoxy) is 1. The first-order chi connectivity index (χ1) is 19.0. The van der Waals surface area contributed by atoms with Crippen LogP contribution in [0.3, 0.4) is 0 Å². The Balaban J connectivity index is 1.22. The van der Waals surface area contributed by atoms with Gasteiger partial charge in [-0.1, -0.05) is 61.0 Å². The molecular formula is C33H37N3O3. The summed E-state index contributed by atoms with van der Waals surface area (Å²) in [6, 6.07) is 23.0. The molecule has 2 heterocycles. The fourth-order valence-corrected chi connectivity index (χ4v) is 5.39. The molecule has 1 unspecified atom stereocenters. The molecule has 5 rings (SSSR count). The second-order valence-corrected chi connectivity index (χ2v) is 10.7. The largest absolute Gasteiger partial charge is 0.449 e. The number of hydrogen-bond donors (Lipinski definition) is 1. The third kappa shape index (κ3) is 6.76. The molecule has 0 spiro atoms. The molecule has 2 amide bonds. The van der Waals surface area contributed by atoms with E-state index in [0.29, 0.717) is 24.4 Å². The number of hydrogen-bond acceptors (Lipinski definition) is 4. The number of para-hydroxylation sites is 2. The maximum absolute atomic E-state index is 13.5. The number of nitrogens with zero attached hydrogens (tertiary/aromatic N) is 2. The lowest BCUT2D eigenvalue weighted by Crippen LogP contribution is -2.36. The maximum Gasteiger partial charge on any atom is 0.294 e. The average Bonchev–Trinajstić information content (AvgIpc) is 2.94. The molecule has 202 valence electrons. The van der Waals surface area contributed by atoms with Crippen molar-refractivity contribution in [1.29, 1.82) is 0 Å². The van der Waals surface area contributed by atoms with Crippen molar-refractivity contribution in [2.24, 2.45) is 5.92 Å². The van der Waals surface area contributed by atoms with Crippen molar-refractivity contribution >= 4 is 23.6 Å². The Morgan fingerprint density at radius 2 is 1.90 bits per heavy atom. The van der Waals surface area contributed by atoms with Gasteiger partial charge in [0.15, 0.2) is 11.5 Å². The van der Waals surface area contributed by atoms with Crippen LogP contribution in [0.4, 0.5) is 5.69 Å². The maximum atomic E-state index is 13.5. The number of amides is 2. The minimum atomic E-state index is -0.194. The summed E-state index contributed by atoms with van der Waals surface area (Å²) in [6.45, 7) is 8.81. The molecule has 2 aliphatic rings. The van der Waals surface area contributed by atoms with Crippen molar-refractivity contribution in [3.8, 4) is 5.75 Å². The van der Waals surface area contributed by atoms with Gasteiger partial charge in [0.05, 0.1) is 12.2 Å². The van der Waals surface area contributed by atoms with E-state index in [2.05, 4.69) is 23.2 Å². The highest BCUT2D eigenvalue weighted by Crippen LogP contribution is 2.36. The number of anilines is 1. The quantitative estimate of drug-likeness (QED) is 0.299. The second kappa shape index (κ2) is 12.3. The molecule has 3 aromatic carbocycles. The molecule has 6 heteroatoms. The van der Waals surface area contributed by atoms with Crippen LogP contribution in [0.25, 0.3) is 6.08 Å². The van der Waals surface area contributed by atoms with Crippen LogP contribution >= 0.6 is 0 Å². The second-order valence-electron chi connectivity index (χ2n) is 10.7. The minimum absolute atomic E-state index is 0.0792. The van der Waals surface area contributed by atoms with Crippen LogP contribution in [0.1, 0.15) is 53.2 Å². The van der Waals surface area contributed by atoms with E-state index in [0.717, 1.165) is 54.4 Å². The van der Waals surface area contributed by atoms with Crippen molar-refractivity contribution in [3.05, 3.63) is 101 Å². The smallest absolute Gasteiger partial charge is 0.294 e. The van der Waals surface area contributed by atoms with Crippen LogP contribution in [-0.2, 0) is 11.3 Å². The van der Waals surface area contributed by atoms with Crippen LogP contribution in [0.15, 0.2) is 78.6 Å². The minimum Gasteiger partial charge on any atom is -0.449 e. The molecule has 2 aliphatic heterocycles.